The number of benzene rings is 2. The van der Waals surface area contributed by atoms with Gasteiger partial charge in [-0.1, -0.05) is 30.3 Å². The van der Waals surface area contributed by atoms with Gasteiger partial charge in [0.05, 0.1) is 11.1 Å². The van der Waals surface area contributed by atoms with E-state index < -0.39 is 17.6 Å². The number of carbonyl (C=O) groups is 1. The molecule has 0 aliphatic heterocycles. The summed E-state index contributed by atoms with van der Waals surface area (Å²) in [6.07, 6.45) is -4.19. The molecule has 0 saturated carbocycles. The van der Waals surface area contributed by atoms with Crippen molar-refractivity contribution in [2.75, 3.05) is 0 Å². The molecule has 3 rings (SSSR count). The average molecular weight is 347 g/mol. The van der Waals surface area contributed by atoms with Crippen molar-refractivity contribution in [1.29, 1.82) is 0 Å². The first kappa shape index (κ1) is 17.1. The molecule has 25 heavy (non-hydrogen) atoms. The molecule has 3 nitrogen and oxygen atoms in total. The summed E-state index contributed by atoms with van der Waals surface area (Å²) >= 11 is 0. The lowest BCUT2D eigenvalue weighted by Crippen LogP contribution is -2.35. The Balaban J connectivity index is 1.73. The number of nitrogens with one attached hydrogen (secondary N) is 1. The van der Waals surface area contributed by atoms with E-state index in [1.807, 2.05) is 30.3 Å². The lowest BCUT2D eigenvalue weighted by molar-refractivity contribution is -0.137. The normalized spacial score (nSPS) is 13.0. The summed E-state index contributed by atoms with van der Waals surface area (Å²) in [6, 6.07) is 13.7. The molecule has 1 heterocycles. The Kier molecular flexibility index (Phi) is 4.53. The van der Waals surface area contributed by atoms with E-state index in [1.165, 1.54) is 18.2 Å². The second kappa shape index (κ2) is 6.63. The molecule has 0 unspecified atom stereocenters. The van der Waals surface area contributed by atoms with Gasteiger partial charge in [0.1, 0.15) is 11.3 Å². The topological polar surface area (TPSA) is 42.2 Å². The third-order valence-corrected chi connectivity index (χ3v) is 3.84. The highest BCUT2D eigenvalue weighted by atomic mass is 19.4. The van der Waals surface area contributed by atoms with E-state index in [9.17, 15) is 18.0 Å². The van der Waals surface area contributed by atoms with Gasteiger partial charge in [-0.15, -0.1) is 0 Å². The fraction of sp³-hybridized carbons (Fsp3) is 0.211. The first-order valence-corrected chi connectivity index (χ1v) is 7.79. The molecular formula is C19H16F3NO2. The van der Waals surface area contributed by atoms with Crippen LogP contribution in [0.4, 0.5) is 13.2 Å². The van der Waals surface area contributed by atoms with Gasteiger partial charge >= 0.3 is 6.18 Å². The van der Waals surface area contributed by atoms with E-state index in [2.05, 4.69) is 5.32 Å². The largest absolute Gasteiger partial charge is 0.461 e. The predicted molar refractivity (Wildman–Crippen MR) is 88.3 cm³/mol. The molecule has 130 valence electrons. The minimum Gasteiger partial charge on any atom is -0.461 e. The van der Waals surface area contributed by atoms with Crippen LogP contribution >= 0.6 is 0 Å². The maximum Gasteiger partial charge on any atom is 0.417 e. The monoisotopic (exact) mass is 347 g/mol. The van der Waals surface area contributed by atoms with Crippen LogP contribution in [0.3, 0.4) is 0 Å². The van der Waals surface area contributed by atoms with Crippen LogP contribution in [0.2, 0.25) is 0 Å². The van der Waals surface area contributed by atoms with E-state index in [0.29, 0.717) is 12.2 Å². The summed E-state index contributed by atoms with van der Waals surface area (Å²) in [5.74, 6) is -0.0883. The second-order valence-corrected chi connectivity index (χ2v) is 5.87. The van der Waals surface area contributed by atoms with Crippen LogP contribution in [0, 0.1) is 0 Å². The minimum absolute atomic E-state index is 0.380. The average Bonchev–Trinajstić information content (AvgIpc) is 2.95. The summed E-state index contributed by atoms with van der Waals surface area (Å²) in [5, 5.41) is 3.55. The molecule has 6 heteroatoms. The zero-order valence-electron chi connectivity index (χ0n) is 13.4. The third kappa shape index (κ3) is 3.84. The van der Waals surface area contributed by atoms with Gasteiger partial charge < -0.3 is 9.73 Å². The highest BCUT2D eigenvalue weighted by molar-refractivity contribution is 5.96. The van der Waals surface area contributed by atoms with Gasteiger partial charge in [-0.2, -0.15) is 13.2 Å². The van der Waals surface area contributed by atoms with Gasteiger partial charge in [0.15, 0.2) is 0 Å². The summed E-state index contributed by atoms with van der Waals surface area (Å²) < 4.78 is 44.7. The minimum atomic E-state index is -4.57. The summed E-state index contributed by atoms with van der Waals surface area (Å²) in [5.41, 5.74) is -0.590. The lowest BCUT2D eigenvalue weighted by Gasteiger charge is -2.16. The lowest BCUT2D eigenvalue weighted by atomic mass is 10.1. The van der Waals surface area contributed by atoms with Crippen molar-refractivity contribution in [3.63, 3.8) is 0 Å². The second-order valence-electron chi connectivity index (χ2n) is 5.87. The molecule has 1 N–H and O–H groups in total. The quantitative estimate of drug-likeness (QED) is 0.736. The number of hydrogen-bond donors (Lipinski definition) is 1. The summed E-state index contributed by atoms with van der Waals surface area (Å²) in [6.45, 7) is 1.72. The molecule has 0 saturated heterocycles. The Labute approximate surface area is 142 Å². The third-order valence-electron chi connectivity index (χ3n) is 3.84. The van der Waals surface area contributed by atoms with Crippen LogP contribution in [0.15, 0.2) is 59.0 Å². The molecule has 1 amide bonds. The van der Waals surface area contributed by atoms with E-state index in [4.69, 9.17) is 4.42 Å². The van der Waals surface area contributed by atoms with Crippen molar-refractivity contribution in [2.45, 2.75) is 25.6 Å². The number of fused-ring (bicyclic) bond motifs is 1. The first-order chi connectivity index (χ1) is 11.8. The molecule has 0 fully saturated rings. The van der Waals surface area contributed by atoms with E-state index in [0.717, 1.165) is 17.0 Å². The molecule has 2 aromatic carbocycles. The molecule has 3 aromatic rings. The molecule has 0 spiro atoms. The number of furan rings is 1. The highest BCUT2D eigenvalue weighted by Gasteiger charge is 2.35. The van der Waals surface area contributed by atoms with Crippen LogP contribution < -0.4 is 5.32 Å². The summed E-state index contributed by atoms with van der Waals surface area (Å²) in [4.78, 5) is 12.2. The Morgan fingerprint density at radius 1 is 1.12 bits per heavy atom. The highest BCUT2D eigenvalue weighted by Crippen LogP contribution is 2.31. The van der Waals surface area contributed by atoms with Crippen molar-refractivity contribution in [3.05, 3.63) is 71.5 Å². The van der Waals surface area contributed by atoms with Crippen molar-refractivity contribution in [2.24, 2.45) is 0 Å². The first-order valence-electron chi connectivity index (χ1n) is 7.79. The van der Waals surface area contributed by atoms with Crippen LogP contribution in [0.5, 0.6) is 0 Å². The Bertz CT molecular complexity index is 866. The summed E-state index contributed by atoms with van der Waals surface area (Å²) in [7, 11) is 0. The fourth-order valence-corrected chi connectivity index (χ4v) is 2.72. The number of para-hydroxylation sites is 1. The van der Waals surface area contributed by atoms with Crippen LogP contribution in [0.1, 0.15) is 28.6 Å². The van der Waals surface area contributed by atoms with Crippen LogP contribution in [-0.2, 0) is 12.6 Å². The number of carbonyl (C=O) groups excluding carboxylic acids is 1. The predicted octanol–water partition coefficient (Wildman–Crippen LogP) is 4.81. The number of rotatable bonds is 4. The van der Waals surface area contributed by atoms with E-state index >= 15 is 0 Å². The van der Waals surface area contributed by atoms with Gasteiger partial charge in [0, 0.05) is 17.8 Å². The smallest absolute Gasteiger partial charge is 0.417 e. The van der Waals surface area contributed by atoms with Gasteiger partial charge in [0.25, 0.3) is 5.91 Å². The molecule has 0 radical (unpaired) electrons. The van der Waals surface area contributed by atoms with Crippen molar-refractivity contribution in [1.82, 2.24) is 5.32 Å². The van der Waals surface area contributed by atoms with Gasteiger partial charge in [0.2, 0.25) is 0 Å². The van der Waals surface area contributed by atoms with Crippen molar-refractivity contribution < 1.29 is 22.4 Å². The fourth-order valence-electron chi connectivity index (χ4n) is 2.72. The Morgan fingerprint density at radius 2 is 1.80 bits per heavy atom. The van der Waals surface area contributed by atoms with Crippen molar-refractivity contribution in [3.8, 4) is 0 Å². The van der Waals surface area contributed by atoms with Gasteiger partial charge in [-0.3, -0.25) is 4.79 Å². The SMILES string of the molecule is C[C@@H](Cc1cc2ccccc2o1)NC(=O)c1ccccc1C(F)(F)F. The van der Waals surface area contributed by atoms with Crippen LogP contribution in [-0.4, -0.2) is 11.9 Å². The molecule has 0 bridgehead atoms. The maximum absolute atomic E-state index is 13.0. The molecule has 1 aromatic heterocycles. The maximum atomic E-state index is 13.0. The van der Waals surface area contributed by atoms with E-state index in [1.54, 1.807) is 6.92 Å². The zero-order chi connectivity index (χ0) is 18.0. The van der Waals surface area contributed by atoms with Gasteiger partial charge in [-0.25, -0.2) is 0 Å². The molecule has 0 aliphatic rings. The molecule has 1 atom stereocenters. The number of amides is 1. The Morgan fingerprint density at radius 3 is 2.52 bits per heavy atom. The molecular weight excluding hydrogens is 331 g/mol. The van der Waals surface area contributed by atoms with Crippen molar-refractivity contribution >= 4 is 16.9 Å². The number of alkyl halides is 3. The van der Waals surface area contributed by atoms with Gasteiger partial charge in [-0.05, 0) is 31.2 Å². The molecule has 0 aliphatic carbocycles. The number of hydrogen-bond acceptors (Lipinski definition) is 2. The number of halogens is 3. The zero-order valence-corrected chi connectivity index (χ0v) is 13.4. The van der Waals surface area contributed by atoms with Crippen LogP contribution in [0.25, 0.3) is 11.0 Å². The standard InChI is InChI=1S/C19H16F3NO2/c1-12(10-14-11-13-6-2-5-9-17(13)25-14)23-18(24)15-7-3-4-8-16(15)19(20,21)22/h2-9,11-12H,10H2,1H3,(H,23,24)/t12-/m0/s1. The van der Waals surface area contributed by atoms with E-state index in [-0.39, 0.29) is 11.6 Å². The Hall–Kier alpha value is -2.76.